The van der Waals surface area contributed by atoms with Gasteiger partial charge >= 0.3 is 0 Å². The van der Waals surface area contributed by atoms with E-state index in [-0.39, 0.29) is 24.3 Å². The molecule has 3 aliphatic rings. The second-order valence-electron chi connectivity index (χ2n) is 10.1. The van der Waals surface area contributed by atoms with Crippen LogP contribution in [0.15, 0.2) is 48.5 Å². The summed E-state index contributed by atoms with van der Waals surface area (Å²) in [5.74, 6) is 0.00357. The van der Waals surface area contributed by atoms with Crippen LogP contribution in [0.5, 0.6) is 0 Å². The molecule has 2 aromatic heterocycles. The Morgan fingerprint density at radius 3 is 2.51 bits per heavy atom. The SMILES string of the molecule is CN[C@H]1CC2O[C@](C)([C@H]1OC)n1c3ccccc3c3c4c(c5c6ccccc6n2c5c31)C(=O)NC4. The van der Waals surface area contributed by atoms with Crippen LogP contribution < -0.4 is 10.6 Å². The molecule has 5 aromatic rings. The van der Waals surface area contributed by atoms with E-state index >= 15 is 0 Å². The first kappa shape index (κ1) is 19.9. The zero-order valence-corrected chi connectivity index (χ0v) is 19.9. The first-order valence-electron chi connectivity index (χ1n) is 12.3. The van der Waals surface area contributed by atoms with E-state index in [2.05, 4.69) is 75.2 Å². The zero-order valence-electron chi connectivity index (χ0n) is 19.9. The molecule has 8 rings (SSSR count). The molecule has 2 bridgehead atoms. The summed E-state index contributed by atoms with van der Waals surface area (Å²) in [6, 6.07) is 17.0. The summed E-state index contributed by atoms with van der Waals surface area (Å²) in [6.07, 6.45) is 0.337. The van der Waals surface area contributed by atoms with Crippen LogP contribution in [0.1, 0.15) is 35.5 Å². The summed E-state index contributed by atoms with van der Waals surface area (Å²) < 4.78 is 18.0. The first-order valence-corrected chi connectivity index (χ1v) is 12.3. The largest absolute Gasteiger partial charge is 0.375 e. The van der Waals surface area contributed by atoms with Gasteiger partial charge in [0.25, 0.3) is 5.91 Å². The number of benzene rings is 3. The predicted octanol–water partition coefficient (Wildman–Crippen LogP) is 4.35. The van der Waals surface area contributed by atoms with Crippen molar-refractivity contribution in [3.63, 3.8) is 0 Å². The number of rotatable bonds is 2. The third-order valence-electron chi connectivity index (χ3n) is 8.60. The number of para-hydroxylation sites is 2. The fraction of sp³-hybridized carbons (Fsp3) is 0.321. The van der Waals surface area contributed by atoms with Crippen molar-refractivity contribution in [1.82, 2.24) is 19.8 Å². The van der Waals surface area contributed by atoms with Crippen molar-refractivity contribution in [2.45, 2.75) is 44.0 Å². The molecular formula is C28H26N4O3. The molecule has 3 aliphatic heterocycles. The molecular weight excluding hydrogens is 440 g/mol. The lowest BCUT2D eigenvalue weighted by Gasteiger charge is -2.48. The van der Waals surface area contributed by atoms with Gasteiger partial charge in [-0.15, -0.1) is 0 Å². The molecule has 0 saturated carbocycles. The number of ether oxygens (including phenoxy) is 2. The monoisotopic (exact) mass is 466 g/mol. The molecule has 7 heteroatoms. The number of carbonyl (C=O) groups excluding carboxylic acids is 1. The molecule has 2 N–H and O–H groups in total. The van der Waals surface area contributed by atoms with Crippen LogP contribution in [0.3, 0.4) is 0 Å². The van der Waals surface area contributed by atoms with Crippen molar-refractivity contribution in [2.75, 3.05) is 14.2 Å². The highest BCUT2D eigenvalue weighted by molar-refractivity contribution is 6.31. The molecule has 7 nitrogen and oxygen atoms in total. The van der Waals surface area contributed by atoms with Crippen LogP contribution in [0.2, 0.25) is 0 Å². The van der Waals surface area contributed by atoms with E-state index < -0.39 is 5.72 Å². The van der Waals surface area contributed by atoms with Gasteiger partial charge < -0.3 is 29.2 Å². The molecule has 5 heterocycles. The first-order chi connectivity index (χ1) is 17.1. The smallest absolute Gasteiger partial charge is 0.252 e. The number of carbonyl (C=O) groups is 1. The molecule has 176 valence electrons. The summed E-state index contributed by atoms with van der Waals surface area (Å²) in [7, 11) is 3.77. The average Bonchev–Trinajstić information content (AvgIpc) is 3.51. The van der Waals surface area contributed by atoms with E-state index in [1.54, 1.807) is 7.11 Å². The number of nitrogens with one attached hydrogen (secondary N) is 2. The van der Waals surface area contributed by atoms with Gasteiger partial charge in [-0.2, -0.15) is 0 Å². The van der Waals surface area contributed by atoms with Crippen molar-refractivity contribution < 1.29 is 14.3 Å². The minimum Gasteiger partial charge on any atom is -0.375 e. The lowest BCUT2D eigenvalue weighted by atomic mass is 9.93. The summed E-state index contributed by atoms with van der Waals surface area (Å²) in [6.45, 7) is 2.68. The maximum absolute atomic E-state index is 13.3. The summed E-state index contributed by atoms with van der Waals surface area (Å²) >= 11 is 0. The average molecular weight is 467 g/mol. The second-order valence-corrected chi connectivity index (χ2v) is 10.1. The third-order valence-corrected chi connectivity index (χ3v) is 8.60. The Morgan fingerprint density at radius 1 is 1.06 bits per heavy atom. The standard InChI is InChI=1S/C28H26N4O3/c1-28-26(34-3)17(29-2)12-20(35-28)31-18-10-6-4-8-14(18)22-23-16(13-30-27(23)33)21-15-9-5-7-11-19(15)32(28)25(21)24(22)31/h4-11,17,20,26,29H,12-13H2,1-3H3,(H,30,33)/t17-,20?,26-,28+/m0/s1. The van der Waals surface area contributed by atoms with E-state index in [1.807, 2.05) is 7.05 Å². The normalized spacial score (nSPS) is 27.3. The van der Waals surface area contributed by atoms with E-state index in [4.69, 9.17) is 9.47 Å². The Morgan fingerprint density at radius 2 is 1.77 bits per heavy atom. The van der Waals surface area contributed by atoms with Crippen LogP contribution in [0.25, 0.3) is 43.6 Å². The van der Waals surface area contributed by atoms with Crippen LogP contribution in [0, 0.1) is 0 Å². The molecule has 4 atom stereocenters. The molecule has 0 aliphatic carbocycles. The predicted molar refractivity (Wildman–Crippen MR) is 136 cm³/mol. The van der Waals surface area contributed by atoms with Crippen LogP contribution in [-0.2, 0) is 21.7 Å². The van der Waals surface area contributed by atoms with Gasteiger partial charge in [-0.1, -0.05) is 36.4 Å². The number of likely N-dealkylation sites (N-methyl/N-ethyl adjacent to an activating group) is 1. The summed E-state index contributed by atoms with van der Waals surface area (Å²) in [4.78, 5) is 13.3. The van der Waals surface area contributed by atoms with Gasteiger partial charge in [-0.3, -0.25) is 4.79 Å². The van der Waals surface area contributed by atoms with Crippen molar-refractivity contribution in [3.05, 3.63) is 59.7 Å². The number of amides is 1. The van der Waals surface area contributed by atoms with Gasteiger partial charge in [-0.05, 0) is 31.7 Å². The Labute approximate surface area is 201 Å². The van der Waals surface area contributed by atoms with E-state index in [0.29, 0.717) is 6.54 Å². The number of aromatic nitrogens is 2. The Hall–Kier alpha value is -3.39. The van der Waals surface area contributed by atoms with Gasteiger partial charge in [0.2, 0.25) is 0 Å². The fourth-order valence-corrected chi connectivity index (χ4v) is 7.33. The number of hydrogen-bond acceptors (Lipinski definition) is 4. The summed E-state index contributed by atoms with van der Waals surface area (Å²) in [5, 5.41) is 11.0. The van der Waals surface area contributed by atoms with Crippen molar-refractivity contribution >= 4 is 49.5 Å². The minimum absolute atomic E-state index is 0.00357. The Bertz CT molecular complexity index is 1750. The minimum atomic E-state index is -0.760. The molecule has 1 fully saturated rings. The van der Waals surface area contributed by atoms with Gasteiger partial charge in [-0.25, -0.2) is 0 Å². The number of nitrogens with zero attached hydrogens (tertiary/aromatic N) is 2. The van der Waals surface area contributed by atoms with Gasteiger partial charge in [0, 0.05) is 47.7 Å². The number of fused-ring (bicyclic) bond motifs is 13. The highest BCUT2D eigenvalue weighted by Gasteiger charge is 2.53. The molecule has 0 radical (unpaired) electrons. The highest BCUT2D eigenvalue weighted by Crippen LogP contribution is 2.53. The van der Waals surface area contributed by atoms with Crippen molar-refractivity contribution in [2.24, 2.45) is 0 Å². The van der Waals surface area contributed by atoms with Crippen molar-refractivity contribution in [3.8, 4) is 0 Å². The van der Waals surface area contributed by atoms with Gasteiger partial charge in [0.05, 0.1) is 27.6 Å². The number of methoxy groups -OCH3 is 1. The van der Waals surface area contributed by atoms with Gasteiger partial charge in [0.1, 0.15) is 12.3 Å². The third kappa shape index (κ3) is 2.12. The molecule has 3 aromatic carbocycles. The number of hydrogen-bond donors (Lipinski definition) is 2. The quantitative estimate of drug-likeness (QED) is 0.406. The van der Waals surface area contributed by atoms with Crippen molar-refractivity contribution in [1.29, 1.82) is 0 Å². The van der Waals surface area contributed by atoms with Crippen LogP contribution in [-0.4, -0.2) is 41.3 Å². The van der Waals surface area contributed by atoms with Gasteiger partial charge in [0.15, 0.2) is 5.72 Å². The maximum atomic E-state index is 13.3. The lowest BCUT2D eigenvalue weighted by molar-refractivity contribution is -0.256. The molecule has 1 unspecified atom stereocenters. The molecule has 1 amide bonds. The lowest BCUT2D eigenvalue weighted by Crippen LogP contribution is -2.59. The Balaban J connectivity index is 1.72. The van der Waals surface area contributed by atoms with Crippen LogP contribution in [0.4, 0.5) is 0 Å². The second kappa shape index (κ2) is 6.43. The van der Waals surface area contributed by atoms with E-state index in [1.165, 1.54) is 0 Å². The van der Waals surface area contributed by atoms with E-state index in [9.17, 15) is 4.79 Å². The zero-order chi connectivity index (χ0) is 23.6. The molecule has 1 saturated heterocycles. The summed E-state index contributed by atoms with van der Waals surface area (Å²) in [5.41, 5.74) is 5.51. The Kier molecular flexibility index (Phi) is 3.65. The maximum Gasteiger partial charge on any atom is 0.252 e. The van der Waals surface area contributed by atoms with E-state index in [0.717, 1.165) is 61.2 Å². The molecule has 0 spiro atoms. The highest BCUT2D eigenvalue weighted by atomic mass is 16.6. The fourth-order valence-electron chi connectivity index (χ4n) is 7.33. The topological polar surface area (TPSA) is 69.5 Å². The van der Waals surface area contributed by atoms with Crippen LogP contribution >= 0.6 is 0 Å². The molecule has 35 heavy (non-hydrogen) atoms.